The maximum Gasteiger partial charge on any atom is 0.272 e. The third-order valence-electron chi connectivity index (χ3n) is 12.9. The van der Waals surface area contributed by atoms with Gasteiger partial charge in [0.25, 0.3) is 17.7 Å². The Morgan fingerprint density at radius 1 is 0.845 bits per heavy atom. The third-order valence-corrected chi connectivity index (χ3v) is 13.2. The third kappa shape index (κ3) is 7.35. The Hall–Kier alpha value is -5.59. The molecule has 2 saturated carbocycles. The fourth-order valence-electron chi connectivity index (χ4n) is 9.80. The summed E-state index contributed by atoms with van der Waals surface area (Å²) in [6.45, 7) is 5.28. The van der Waals surface area contributed by atoms with Gasteiger partial charge in [-0.15, -0.1) is 10.2 Å². The molecule has 5 amide bonds. The van der Waals surface area contributed by atoms with Gasteiger partial charge in [-0.1, -0.05) is 11.6 Å². The van der Waals surface area contributed by atoms with Crippen molar-refractivity contribution in [1.82, 2.24) is 30.6 Å². The lowest BCUT2D eigenvalue weighted by Gasteiger charge is -2.39. The fraction of sp³-hybridized carbons (Fsp3) is 0.476. The lowest BCUT2D eigenvalue weighted by molar-refractivity contribution is -0.136. The predicted molar refractivity (Wildman–Crippen MR) is 211 cm³/mol. The Labute approximate surface area is 340 Å². The number of nitrogens with one attached hydrogen (secondary N) is 2. The van der Waals surface area contributed by atoms with Crippen molar-refractivity contribution < 1.29 is 28.7 Å². The molecule has 9 rings (SSSR count). The van der Waals surface area contributed by atoms with E-state index in [1.54, 1.807) is 36.4 Å². The molecule has 3 saturated heterocycles. The number of piperidine rings is 1. The molecule has 4 aliphatic heterocycles. The highest BCUT2D eigenvalue weighted by Crippen LogP contribution is 2.43. The van der Waals surface area contributed by atoms with E-state index in [1.807, 2.05) is 12.1 Å². The van der Waals surface area contributed by atoms with Crippen LogP contribution in [0.3, 0.4) is 0 Å². The zero-order valence-electron chi connectivity index (χ0n) is 31.9. The quantitative estimate of drug-likeness (QED) is 0.317. The first kappa shape index (κ1) is 38.0. The molecule has 3 aromatic rings. The van der Waals surface area contributed by atoms with Crippen LogP contribution < -0.4 is 25.2 Å². The summed E-state index contributed by atoms with van der Waals surface area (Å²) in [4.78, 5) is 71.8. The minimum atomic E-state index is -0.973. The molecule has 4 atom stereocenters. The van der Waals surface area contributed by atoms with Crippen molar-refractivity contribution in [1.29, 1.82) is 5.26 Å². The highest BCUT2D eigenvalue weighted by molar-refractivity contribution is 6.31. The molecule has 0 bridgehead atoms. The van der Waals surface area contributed by atoms with Gasteiger partial charge in [-0.25, -0.2) is 0 Å². The van der Waals surface area contributed by atoms with Crippen LogP contribution in [-0.4, -0.2) is 113 Å². The summed E-state index contributed by atoms with van der Waals surface area (Å²) in [5, 5.41) is 23.5. The molecular formula is C42H44ClN9O6. The van der Waals surface area contributed by atoms with E-state index in [2.05, 4.69) is 41.6 Å². The highest BCUT2D eigenvalue weighted by atomic mass is 35.5. The molecule has 5 heterocycles. The molecule has 300 valence electrons. The molecule has 2 N–H and O–H groups in total. The van der Waals surface area contributed by atoms with Gasteiger partial charge in [0.15, 0.2) is 11.5 Å². The van der Waals surface area contributed by atoms with Crippen molar-refractivity contribution in [3.05, 3.63) is 75.9 Å². The number of amides is 5. The number of hydrogen-bond donors (Lipinski definition) is 2. The first-order valence-electron chi connectivity index (χ1n) is 20.2. The maximum atomic E-state index is 13.4. The van der Waals surface area contributed by atoms with Crippen LogP contribution in [0.5, 0.6) is 5.75 Å². The van der Waals surface area contributed by atoms with Gasteiger partial charge < -0.3 is 19.9 Å². The number of carbonyl (C=O) groups is 5. The first-order chi connectivity index (χ1) is 28.1. The first-order valence-corrected chi connectivity index (χ1v) is 20.6. The number of ether oxygens (including phenoxy) is 1. The van der Waals surface area contributed by atoms with Crippen LogP contribution in [-0.2, 0) is 9.59 Å². The molecule has 1 aromatic heterocycles. The summed E-state index contributed by atoms with van der Waals surface area (Å²) in [5.41, 5.74) is 2.24. The van der Waals surface area contributed by atoms with Crippen LogP contribution >= 0.6 is 11.6 Å². The average Bonchev–Trinajstić information content (AvgIpc) is 3.89. The van der Waals surface area contributed by atoms with Crippen molar-refractivity contribution in [2.75, 3.05) is 49.1 Å². The number of carbonyl (C=O) groups excluding carboxylic acids is 5. The summed E-state index contributed by atoms with van der Waals surface area (Å²) in [6.07, 6.45) is 5.61. The summed E-state index contributed by atoms with van der Waals surface area (Å²) >= 11 is 6.15. The second-order valence-corrected chi connectivity index (χ2v) is 16.8. The number of nitrogens with zero attached hydrogens (tertiary/aromatic N) is 7. The van der Waals surface area contributed by atoms with E-state index in [4.69, 9.17) is 21.6 Å². The molecule has 0 radical (unpaired) electrons. The molecule has 0 spiro atoms. The molecule has 16 heteroatoms. The summed E-state index contributed by atoms with van der Waals surface area (Å²) in [6, 6.07) is 15.7. The molecule has 6 aliphatic rings. The van der Waals surface area contributed by atoms with E-state index in [0.29, 0.717) is 51.0 Å². The van der Waals surface area contributed by atoms with Gasteiger partial charge in [-0.2, -0.15) is 5.26 Å². The number of anilines is 2. The van der Waals surface area contributed by atoms with Gasteiger partial charge in [0.2, 0.25) is 11.8 Å². The number of fused-ring (bicyclic) bond motifs is 2. The van der Waals surface area contributed by atoms with E-state index in [0.717, 1.165) is 94.2 Å². The van der Waals surface area contributed by atoms with Gasteiger partial charge in [-0.3, -0.25) is 39.1 Å². The number of aromatic nitrogens is 2. The monoisotopic (exact) mass is 805 g/mol. The molecule has 5 fully saturated rings. The fourth-order valence-corrected chi connectivity index (χ4v) is 10.0. The zero-order valence-corrected chi connectivity index (χ0v) is 32.7. The van der Waals surface area contributed by atoms with Crippen molar-refractivity contribution in [3.63, 3.8) is 0 Å². The van der Waals surface area contributed by atoms with Gasteiger partial charge in [0.1, 0.15) is 17.9 Å². The van der Waals surface area contributed by atoms with E-state index in [1.165, 1.54) is 0 Å². The Morgan fingerprint density at radius 3 is 2.26 bits per heavy atom. The Morgan fingerprint density at radius 2 is 1.59 bits per heavy atom. The normalized spacial score (nSPS) is 27.3. The van der Waals surface area contributed by atoms with E-state index < -0.39 is 29.7 Å². The molecular weight excluding hydrogens is 762 g/mol. The average molecular weight is 806 g/mol. The van der Waals surface area contributed by atoms with Crippen molar-refractivity contribution in [2.45, 2.75) is 75.6 Å². The Bertz CT molecular complexity index is 2180. The summed E-state index contributed by atoms with van der Waals surface area (Å²) in [7, 11) is 0. The van der Waals surface area contributed by atoms with Gasteiger partial charge >= 0.3 is 0 Å². The lowest BCUT2D eigenvalue weighted by atomic mass is 9.93. The summed E-state index contributed by atoms with van der Waals surface area (Å²) < 4.78 is 6.08. The largest absolute Gasteiger partial charge is 0.490 e. The molecule has 2 aromatic carbocycles. The number of rotatable bonds is 8. The van der Waals surface area contributed by atoms with Crippen LogP contribution in [0.1, 0.15) is 88.1 Å². The minimum Gasteiger partial charge on any atom is -0.490 e. The smallest absolute Gasteiger partial charge is 0.272 e. The van der Waals surface area contributed by atoms with Gasteiger partial charge in [-0.05, 0) is 99.2 Å². The van der Waals surface area contributed by atoms with Crippen LogP contribution in [0.25, 0.3) is 0 Å². The van der Waals surface area contributed by atoms with Crippen LogP contribution in [0.15, 0.2) is 48.5 Å². The van der Waals surface area contributed by atoms with Crippen LogP contribution in [0.4, 0.5) is 11.5 Å². The Balaban J connectivity index is 0.717. The second kappa shape index (κ2) is 15.6. The van der Waals surface area contributed by atoms with Crippen LogP contribution in [0.2, 0.25) is 5.02 Å². The maximum absolute atomic E-state index is 13.4. The van der Waals surface area contributed by atoms with Crippen molar-refractivity contribution in [3.8, 4) is 11.8 Å². The van der Waals surface area contributed by atoms with E-state index in [-0.39, 0.29) is 30.9 Å². The summed E-state index contributed by atoms with van der Waals surface area (Å²) in [5.74, 6) is 0.293. The van der Waals surface area contributed by atoms with Crippen LogP contribution in [0, 0.1) is 23.2 Å². The zero-order chi connectivity index (χ0) is 40.1. The number of nitriles is 1. The second-order valence-electron chi connectivity index (χ2n) is 16.3. The number of piperazine rings is 1. The van der Waals surface area contributed by atoms with E-state index >= 15 is 0 Å². The molecule has 58 heavy (non-hydrogen) atoms. The van der Waals surface area contributed by atoms with E-state index in [9.17, 15) is 24.0 Å². The van der Waals surface area contributed by atoms with Gasteiger partial charge in [0.05, 0.1) is 27.8 Å². The Kier molecular flexibility index (Phi) is 10.2. The predicted octanol–water partition coefficient (Wildman–Crippen LogP) is 3.56. The standard InChI is InChI=1S/C42H44ClN9O6/c43-34-20-31(5-1-24(34)21-44)58-30-6-2-27(3-7-30)45-39(54)35-9-11-37(48-47-35)50-15-13-49(14-16-50)29-17-25-22-51(23-26(25)18-29)28-4-8-32-33(19-28)42(57)52(41(32)56)36-10-12-38(53)46-40(36)55/h1,4-5,8-9,11,19-20,25-27,29-30,36H,2-3,6-7,10,12-18,22-23H2,(H,45,54)(H,46,53,55)/t25-,26?,27?,29?,30?,36?/m1/s1. The minimum absolute atomic E-state index is 0.0181. The van der Waals surface area contributed by atoms with Gasteiger partial charge in [0, 0.05) is 69.5 Å². The number of benzene rings is 2. The topological polar surface area (TPSA) is 181 Å². The molecule has 2 aliphatic carbocycles. The number of halogens is 1. The molecule has 3 unspecified atom stereocenters. The number of imide groups is 2. The SMILES string of the molecule is N#Cc1ccc(OC2CCC(NC(=O)c3ccc(N4CCN(C5CC6CN(c7ccc8c(c7)C(=O)N(C7CCC(=O)NC7=O)C8=O)C[C@H]6C5)CC4)nn3)CC2)cc1Cl. The van der Waals surface area contributed by atoms with Crippen molar-refractivity contribution in [2.24, 2.45) is 11.8 Å². The highest BCUT2D eigenvalue weighted by Gasteiger charge is 2.46. The molecule has 15 nitrogen and oxygen atoms in total. The number of hydrogen-bond acceptors (Lipinski definition) is 12. The van der Waals surface area contributed by atoms with Crippen molar-refractivity contribution >= 4 is 52.6 Å². The lowest BCUT2D eigenvalue weighted by Crippen LogP contribution is -2.54.